The van der Waals surface area contributed by atoms with Crippen LogP contribution in [-0.4, -0.2) is 81.7 Å². The molecule has 1 aliphatic carbocycles. The lowest BCUT2D eigenvalue weighted by atomic mass is 9.84. The van der Waals surface area contributed by atoms with Gasteiger partial charge >= 0.3 is 6.03 Å². The molecule has 5 atom stereocenters. The molecule has 5 amide bonds. The van der Waals surface area contributed by atoms with Gasteiger partial charge < -0.3 is 26.6 Å². The summed E-state index contributed by atoms with van der Waals surface area (Å²) in [5.74, 6) is -5.25. The Morgan fingerprint density at radius 1 is 0.935 bits per heavy atom. The zero-order chi connectivity index (χ0) is 34.5. The second kappa shape index (κ2) is 15.0. The molecule has 0 aromatic carbocycles. The lowest BCUT2D eigenvalue weighted by Gasteiger charge is -2.37. The summed E-state index contributed by atoms with van der Waals surface area (Å²) >= 11 is 0. The summed E-state index contributed by atoms with van der Waals surface area (Å²) in [5, 5.41) is 7.98. The van der Waals surface area contributed by atoms with Gasteiger partial charge in [0.05, 0.1) is 12.1 Å². The molecule has 1 aromatic heterocycles. The largest absolute Gasteiger partial charge is 0.363 e. The Balaban J connectivity index is 1.82. The minimum atomic E-state index is -1.19. The molecule has 2 aliphatic rings. The molecule has 2 unspecified atom stereocenters. The van der Waals surface area contributed by atoms with Gasteiger partial charge in [-0.05, 0) is 54.1 Å². The van der Waals surface area contributed by atoms with Crippen molar-refractivity contribution in [3.63, 3.8) is 0 Å². The Hall–Kier alpha value is -4.16. The van der Waals surface area contributed by atoms with E-state index in [0.717, 1.165) is 12.8 Å². The molecule has 252 valence electrons. The minimum absolute atomic E-state index is 0.000993. The van der Waals surface area contributed by atoms with E-state index < -0.39 is 76.6 Å². The molecule has 46 heavy (non-hydrogen) atoms. The summed E-state index contributed by atoms with van der Waals surface area (Å²) in [6.45, 7) is 12.8. The topological polar surface area (TPSA) is 198 Å². The van der Waals surface area contributed by atoms with Crippen LogP contribution < -0.4 is 21.7 Å². The van der Waals surface area contributed by atoms with Crippen LogP contribution in [0.1, 0.15) is 84.6 Å². The highest BCUT2D eigenvalue weighted by Gasteiger charge is 2.48. The molecule has 0 radical (unpaired) electrons. The van der Waals surface area contributed by atoms with Crippen LogP contribution in [0, 0.1) is 29.1 Å². The minimum Gasteiger partial charge on any atom is -0.363 e. The van der Waals surface area contributed by atoms with Gasteiger partial charge in [-0.25, -0.2) is 4.79 Å². The molecule has 5 N–H and O–H groups in total. The molecule has 2 heterocycles. The molecule has 1 aliphatic heterocycles. The summed E-state index contributed by atoms with van der Waals surface area (Å²) < 4.78 is 0. The van der Waals surface area contributed by atoms with Crippen molar-refractivity contribution in [2.24, 2.45) is 34.8 Å². The van der Waals surface area contributed by atoms with E-state index >= 15 is 0 Å². The molecule has 1 aromatic rings. The number of hydrogen-bond donors (Lipinski definition) is 4. The number of amides is 5. The van der Waals surface area contributed by atoms with Crippen molar-refractivity contribution >= 4 is 41.1 Å². The number of primary amides is 1. The van der Waals surface area contributed by atoms with E-state index in [2.05, 4.69) is 20.9 Å². The Bertz CT molecular complexity index is 1340. The number of aromatic nitrogens is 1. The predicted molar refractivity (Wildman–Crippen MR) is 169 cm³/mol. The number of hydrogen-bond acceptors (Lipinski definition) is 8. The van der Waals surface area contributed by atoms with Crippen LogP contribution in [0.15, 0.2) is 24.4 Å². The normalized spacial score (nSPS) is 20.1. The average molecular weight is 641 g/mol. The fourth-order valence-electron chi connectivity index (χ4n) is 5.87. The number of nitrogens with zero attached hydrogens (tertiary/aromatic N) is 2. The molecule has 13 nitrogen and oxygen atoms in total. The van der Waals surface area contributed by atoms with Gasteiger partial charge in [-0.1, -0.05) is 67.4 Å². The zero-order valence-corrected chi connectivity index (χ0v) is 27.8. The van der Waals surface area contributed by atoms with Crippen molar-refractivity contribution < 1.29 is 33.6 Å². The zero-order valence-electron chi connectivity index (χ0n) is 27.8. The van der Waals surface area contributed by atoms with Gasteiger partial charge in [-0.2, -0.15) is 0 Å². The van der Waals surface area contributed by atoms with Crippen LogP contribution in [0.4, 0.5) is 4.79 Å². The third kappa shape index (κ3) is 8.97. The maximum atomic E-state index is 14.2. The van der Waals surface area contributed by atoms with E-state index in [4.69, 9.17) is 5.73 Å². The van der Waals surface area contributed by atoms with Crippen LogP contribution in [0.2, 0.25) is 0 Å². The number of carbonyl (C=O) groups excluding carboxylic acids is 7. The van der Waals surface area contributed by atoms with Crippen molar-refractivity contribution in [1.82, 2.24) is 25.8 Å². The number of carbonyl (C=O) groups is 7. The summed E-state index contributed by atoms with van der Waals surface area (Å²) in [4.78, 5) is 96.9. The molecule has 13 heteroatoms. The lowest BCUT2D eigenvalue weighted by molar-refractivity contribution is -0.144. The van der Waals surface area contributed by atoms with E-state index in [-0.39, 0.29) is 30.0 Å². The molecular formula is C33H48N6O7. The molecule has 0 spiro atoms. The number of likely N-dealkylation sites (tertiary alicyclic amines) is 1. The second-order valence-corrected chi connectivity index (χ2v) is 14.2. The number of ketones is 3. The van der Waals surface area contributed by atoms with Gasteiger partial charge in [0.25, 0.3) is 5.91 Å². The van der Waals surface area contributed by atoms with Crippen LogP contribution in [0.25, 0.3) is 0 Å². The average Bonchev–Trinajstić information content (AvgIpc) is 3.69. The summed E-state index contributed by atoms with van der Waals surface area (Å²) in [6, 6.07) is -0.569. The van der Waals surface area contributed by atoms with Crippen molar-refractivity contribution in [2.75, 3.05) is 6.54 Å². The van der Waals surface area contributed by atoms with E-state index in [9.17, 15) is 33.6 Å². The van der Waals surface area contributed by atoms with Gasteiger partial charge in [-0.15, -0.1) is 0 Å². The first-order chi connectivity index (χ1) is 21.4. The quantitative estimate of drug-likeness (QED) is 0.174. The summed E-state index contributed by atoms with van der Waals surface area (Å²) in [6.07, 6.45) is 3.99. The van der Waals surface area contributed by atoms with Crippen molar-refractivity contribution in [3.05, 3.63) is 30.1 Å². The van der Waals surface area contributed by atoms with Crippen molar-refractivity contribution in [3.8, 4) is 0 Å². The first kappa shape index (κ1) is 36.3. The van der Waals surface area contributed by atoms with E-state index in [1.165, 1.54) is 17.2 Å². The smallest absolute Gasteiger partial charge is 0.316 e. The molecule has 1 saturated carbocycles. The molecule has 1 saturated heterocycles. The highest BCUT2D eigenvalue weighted by atomic mass is 16.2. The summed E-state index contributed by atoms with van der Waals surface area (Å²) in [7, 11) is 0. The maximum Gasteiger partial charge on any atom is 0.316 e. The molecular weight excluding hydrogens is 592 g/mol. The third-order valence-electron chi connectivity index (χ3n) is 8.74. The fraction of sp³-hybridized carbons (Fsp3) is 0.636. The van der Waals surface area contributed by atoms with Crippen molar-refractivity contribution in [1.29, 1.82) is 0 Å². The lowest BCUT2D eigenvalue weighted by Crippen LogP contribution is -2.62. The standard InChI is InChI=1S/C33H48N6O7/c1-17(2)20-13-15-39(24(20)30(44)36-22(16-19-11-12-19)26(41)29(34)43)31(45)28(33(5,6)7)38-32(46)37-23(18(3)4)27(42)25(40)21-10-8-9-14-35-21/h8-10,14,17-20,22-24,28H,11-13,15-16H2,1-7H3,(H2,34,43)(H,36,44)(H2,37,38,46)/t20?,22?,23-,24-,28+/m0/s1. The molecule has 2 fully saturated rings. The highest BCUT2D eigenvalue weighted by molar-refractivity contribution is 6.45. The first-order valence-corrected chi connectivity index (χ1v) is 15.9. The third-order valence-corrected chi connectivity index (χ3v) is 8.74. The Labute approximate surface area is 270 Å². The SMILES string of the molecule is CC(C)C1CCN(C(=O)[C@@H](NC(=O)N[C@H](C(=O)C(=O)c2ccccn2)C(C)C)C(C)(C)C)[C@@H]1C(=O)NC(CC1CC1)C(=O)C(N)=O. The number of Topliss-reactive ketones (excluding diaryl/α,β-unsaturated/α-hetero) is 3. The van der Waals surface area contributed by atoms with Crippen LogP contribution in [0.5, 0.6) is 0 Å². The number of pyridine rings is 1. The first-order valence-electron chi connectivity index (χ1n) is 15.9. The van der Waals surface area contributed by atoms with Gasteiger partial charge in [0.1, 0.15) is 17.8 Å². The fourth-order valence-corrected chi connectivity index (χ4v) is 5.87. The summed E-state index contributed by atoms with van der Waals surface area (Å²) in [5.41, 5.74) is 4.40. The number of nitrogens with one attached hydrogen (secondary N) is 3. The number of nitrogens with two attached hydrogens (primary N) is 1. The predicted octanol–water partition coefficient (Wildman–Crippen LogP) is 1.78. The van der Waals surface area contributed by atoms with Crippen molar-refractivity contribution in [2.45, 2.75) is 98.3 Å². The monoisotopic (exact) mass is 640 g/mol. The van der Waals surface area contributed by atoms with Gasteiger partial charge in [0.15, 0.2) is 0 Å². The number of urea groups is 1. The Morgan fingerprint density at radius 3 is 2.09 bits per heavy atom. The van der Waals surface area contributed by atoms with Crippen LogP contribution >= 0.6 is 0 Å². The van der Waals surface area contributed by atoms with Gasteiger partial charge in [-0.3, -0.25) is 33.8 Å². The highest BCUT2D eigenvalue weighted by Crippen LogP contribution is 2.35. The Morgan fingerprint density at radius 2 is 1.59 bits per heavy atom. The Kier molecular flexibility index (Phi) is 11.8. The number of rotatable bonds is 14. The van der Waals surface area contributed by atoms with E-state index in [1.54, 1.807) is 46.8 Å². The van der Waals surface area contributed by atoms with Crippen LogP contribution in [-0.2, 0) is 24.0 Å². The second-order valence-electron chi connectivity index (χ2n) is 14.2. The van der Waals surface area contributed by atoms with Gasteiger partial charge in [0.2, 0.25) is 29.2 Å². The maximum absolute atomic E-state index is 14.2. The van der Waals surface area contributed by atoms with E-state index in [0.29, 0.717) is 12.8 Å². The molecule has 3 rings (SSSR count). The van der Waals surface area contributed by atoms with Gasteiger partial charge in [0, 0.05) is 12.7 Å². The van der Waals surface area contributed by atoms with Crippen LogP contribution in [0.3, 0.4) is 0 Å². The van der Waals surface area contributed by atoms with E-state index in [1.807, 2.05) is 13.8 Å². The molecule has 0 bridgehead atoms.